The maximum absolute atomic E-state index is 12.7. The molecule has 0 aliphatic carbocycles. The summed E-state index contributed by atoms with van der Waals surface area (Å²) in [5.74, 6) is -0.512. The second kappa shape index (κ2) is 6.24. The molecular weight excluding hydrogens is 267 g/mol. The van der Waals surface area contributed by atoms with Crippen molar-refractivity contribution in [2.24, 2.45) is 0 Å². The van der Waals surface area contributed by atoms with Crippen molar-refractivity contribution in [3.8, 4) is 0 Å². The first-order valence-corrected chi connectivity index (χ1v) is 6.54. The zero-order chi connectivity index (χ0) is 13.7. The second-order valence-electron chi connectivity index (χ2n) is 3.79. The van der Waals surface area contributed by atoms with Crippen LogP contribution in [0.2, 0.25) is 0 Å². The summed E-state index contributed by atoms with van der Waals surface area (Å²) in [5, 5.41) is 14.0. The predicted molar refractivity (Wildman–Crippen MR) is 71.9 cm³/mol. The van der Waals surface area contributed by atoms with Crippen LogP contribution < -0.4 is 10.6 Å². The van der Waals surface area contributed by atoms with E-state index in [0.29, 0.717) is 23.1 Å². The molecule has 0 fully saturated rings. The lowest BCUT2D eigenvalue weighted by Crippen LogP contribution is -2.25. The molecule has 0 bridgehead atoms. The summed E-state index contributed by atoms with van der Waals surface area (Å²) < 4.78 is 12.7. The summed E-state index contributed by atoms with van der Waals surface area (Å²) in [7, 11) is 1.72. The topological polar surface area (TPSA) is 66.9 Å². The van der Waals surface area contributed by atoms with Gasteiger partial charge in [0, 0.05) is 13.6 Å². The number of benzene rings is 1. The van der Waals surface area contributed by atoms with Gasteiger partial charge in [0.05, 0.1) is 0 Å². The zero-order valence-electron chi connectivity index (χ0n) is 10.3. The van der Waals surface area contributed by atoms with Crippen LogP contribution in [0.3, 0.4) is 0 Å². The minimum atomic E-state index is -0.263. The highest BCUT2D eigenvalue weighted by Crippen LogP contribution is 2.13. The summed E-state index contributed by atoms with van der Waals surface area (Å²) in [6, 6.07) is 6.21. The van der Waals surface area contributed by atoms with Crippen LogP contribution >= 0.6 is 11.3 Å². The van der Waals surface area contributed by atoms with Gasteiger partial charge in [-0.2, -0.15) is 0 Å². The van der Waals surface area contributed by atoms with Crippen molar-refractivity contribution in [3.05, 3.63) is 40.7 Å². The van der Waals surface area contributed by atoms with Gasteiger partial charge in [-0.15, -0.1) is 10.2 Å². The molecule has 1 amide bonds. The molecule has 0 spiro atoms. The number of nitrogens with one attached hydrogen (secondary N) is 2. The molecule has 0 saturated heterocycles. The first kappa shape index (κ1) is 13.4. The van der Waals surface area contributed by atoms with Crippen LogP contribution in [0, 0.1) is 5.82 Å². The maximum atomic E-state index is 12.7. The van der Waals surface area contributed by atoms with Gasteiger partial charge in [0.15, 0.2) is 0 Å². The van der Waals surface area contributed by atoms with E-state index in [1.165, 1.54) is 23.5 Å². The maximum Gasteiger partial charge on any atom is 0.282 e. The molecule has 7 heteroatoms. The van der Waals surface area contributed by atoms with E-state index >= 15 is 0 Å². The lowest BCUT2D eigenvalue weighted by Gasteiger charge is -2.03. The molecule has 0 aliphatic heterocycles. The minimum absolute atomic E-state index is 0.249. The summed E-state index contributed by atoms with van der Waals surface area (Å²) in [6.07, 6.45) is 0.643. The van der Waals surface area contributed by atoms with Crippen molar-refractivity contribution in [1.82, 2.24) is 15.5 Å². The molecular formula is C12H13FN4OS. The highest BCUT2D eigenvalue weighted by Gasteiger charge is 2.11. The van der Waals surface area contributed by atoms with Crippen molar-refractivity contribution in [3.63, 3.8) is 0 Å². The highest BCUT2D eigenvalue weighted by atomic mass is 32.1. The van der Waals surface area contributed by atoms with Gasteiger partial charge in [-0.1, -0.05) is 23.5 Å². The summed E-state index contributed by atoms with van der Waals surface area (Å²) in [6.45, 7) is 0.471. The van der Waals surface area contributed by atoms with Crippen molar-refractivity contribution in [1.29, 1.82) is 0 Å². The lowest BCUT2D eigenvalue weighted by atomic mass is 10.1. The molecule has 2 rings (SSSR count). The van der Waals surface area contributed by atoms with E-state index in [0.717, 1.165) is 5.56 Å². The van der Waals surface area contributed by atoms with Crippen molar-refractivity contribution in [2.75, 3.05) is 18.9 Å². The Morgan fingerprint density at radius 3 is 2.68 bits per heavy atom. The smallest absolute Gasteiger partial charge is 0.282 e. The average molecular weight is 280 g/mol. The van der Waals surface area contributed by atoms with E-state index in [1.807, 2.05) is 0 Å². The quantitative estimate of drug-likeness (QED) is 0.874. The molecule has 1 aromatic carbocycles. The normalized spacial score (nSPS) is 10.2. The first-order chi connectivity index (χ1) is 9.19. The van der Waals surface area contributed by atoms with Gasteiger partial charge in [0.2, 0.25) is 10.1 Å². The Kier molecular flexibility index (Phi) is 4.40. The third kappa shape index (κ3) is 3.72. The molecule has 0 saturated carbocycles. The number of carbonyl (C=O) groups excluding carboxylic acids is 1. The molecule has 0 radical (unpaired) electrons. The predicted octanol–water partition coefficient (Wildman–Crippen LogP) is 1.69. The summed E-state index contributed by atoms with van der Waals surface area (Å²) >= 11 is 1.19. The fourth-order valence-electron chi connectivity index (χ4n) is 1.46. The minimum Gasteiger partial charge on any atom is -0.363 e. The van der Waals surface area contributed by atoms with Gasteiger partial charge in [-0.3, -0.25) is 4.79 Å². The second-order valence-corrected chi connectivity index (χ2v) is 4.77. The molecule has 1 heterocycles. The van der Waals surface area contributed by atoms with E-state index < -0.39 is 0 Å². The molecule has 0 unspecified atom stereocenters. The Morgan fingerprint density at radius 2 is 2.05 bits per heavy atom. The van der Waals surface area contributed by atoms with Crippen LogP contribution in [0.5, 0.6) is 0 Å². The van der Waals surface area contributed by atoms with Gasteiger partial charge < -0.3 is 10.6 Å². The zero-order valence-corrected chi connectivity index (χ0v) is 11.1. The van der Waals surface area contributed by atoms with Crippen LogP contribution in [0.25, 0.3) is 0 Å². The summed E-state index contributed by atoms with van der Waals surface area (Å²) in [5.41, 5.74) is 0.967. The van der Waals surface area contributed by atoms with E-state index in [1.54, 1.807) is 19.2 Å². The third-order valence-electron chi connectivity index (χ3n) is 2.45. The number of hydrogen-bond donors (Lipinski definition) is 2. The van der Waals surface area contributed by atoms with Crippen LogP contribution in [0.4, 0.5) is 9.52 Å². The van der Waals surface area contributed by atoms with E-state index in [-0.39, 0.29) is 11.7 Å². The number of halogens is 1. The number of hydrogen-bond acceptors (Lipinski definition) is 5. The fourth-order valence-corrected chi connectivity index (χ4v) is 2.08. The SMILES string of the molecule is CNc1nnc(C(=O)NCCc2ccc(F)cc2)s1. The molecule has 100 valence electrons. The average Bonchev–Trinajstić information content (AvgIpc) is 2.90. The lowest BCUT2D eigenvalue weighted by molar-refractivity contribution is 0.0953. The van der Waals surface area contributed by atoms with Crippen LogP contribution in [-0.2, 0) is 6.42 Å². The number of nitrogens with zero attached hydrogens (tertiary/aromatic N) is 2. The molecule has 2 aromatic rings. The van der Waals surface area contributed by atoms with Gasteiger partial charge in [0.25, 0.3) is 5.91 Å². The Balaban J connectivity index is 1.82. The monoisotopic (exact) mass is 280 g/mol. The standard InChI is InChI=1S/C12H13FN4OS/c1-14-12-17-16-11(19-12)10(18)15-7-6-8-2-4-9(13)5-3-8/h2-5H,6-7H2,1H3,(H,14,17)(H,15,18). The molecule has 2 N–H and O–H groups in total. The van der Waals surface area contributed by atoms with Gasteiger partial charge in [-0.25, -0.2) is 4.39 Å². The fraction of sp³-hybridized carbons (Fsp3) is 0.250. The van der Waals surface area contributed by atoms with Crippen molar-refractivity contribution in [2.45, 2.75) is 6.42 Å². The third-order valence-corrected chi connectivity index (χ3v) is 3.39. The first-order valence-electron chi connectivity index (χ1n) is 5.73. The molecule has 0 atom stereocenters. The van der Waals surface area contributed by atoms with Gasteiger partial charge in [0.1, 0.15) is 5.82 Å². The molecule has 1 aromatic heterocycles. The number of carbonyl (C=O) groups is 1. The van der Waals surface area contributed by atoms with E-state index in [9.17, 15) is 9.18 Å². The van der Waals surface area contributed by atoms with Gasteiger partial charge >= 0.3 is 0 Å². The van der Waals surface area contributed by atoms with Crippen molar-refractivity contribution >= 4 is 22.4 Å². The van der Waals surface area contributed by atoms with Crippen molar-refractivity contribution < 1.29 is 9.18 Å². The largest absolute Gasteiger partial charge is 0.363 e. The molecule has 19 heavy (non-hydrogen) atoms. The number of anilines is 1. The number of amides is 1. The van der Waals surface area contributed by atoms with E-state index in [4.69, 9.17) is 0 Å². The highest BCUT2D eigenvalue weighted by molar-refractivity contribution is 7.17. The van der Waals surface area contributed by atoms with Gasteiger partial charge in [-0.05, 0) is 24.1 Å². The molecule has 0 aliphatic rings. The Bertz CT molecular complexity index is 555. The Labute approximate surface area is 113 Å². The van der Waals surface area contributed by atoms with E-state index in [2.05, 4.69) is 20.8 Å². The number of aromatic nitrogens is 2. The summed E-state index contributed by atoms with van der Waals surface area (Å²) in [4.78, 5) is 11.7. The number of rotatable bonds is 5. The van der Waals surface area contributed by atoms with Crippen LogP contribution in [0.1, 0.15) is 15.4 Å². The molecule has 5 nitrogen and oxygen atoms in total. The van der Waals surface area contributed by atoms with Crippen LogP contribution in [0.15, 0.2) is 24.3 Å². The van der Waals surface area contributed by atoms with Crippen LogP contribution in [-0.4, -0.2) is 29.7 Å². The Morgan fingerprint density at radius 1 is 1.32 bits per heavy atom. The Hall–Kier alpha value is -2.02.